The fraction of sp³-hybridized carbons (Fsp3) is 0.917. The zero-order valence-corrected chi connectivity index (χ0v) is 10.8. The van der Waals surface area contributed by atoms with Crippen molar-refractivity contribution in [1.82, 2.24) is 4.90 Å². The third-order valence-electron chi connectivity index (χ3n) is 2.75. The number of piperidine rings is 1. The van der Waals surface area contributed by atoms with Crippen LogP contribution in [0.15, 0.2) is 0 Å². The van der Waals surface area contributed by atoms with Gasteiger partial charge in [0.05, 0.1) is 25.9 Å². The van der Waals surface area contributed by atoms with E-state index in [0.717, 1.165) is 32.5 Å². The Morgan fingerprint density at radius 3 is 2.47 bits per heavy atom. The second-order valence-corrected chi connectivity index (χ2v) is 3.95. The van der Waals surface area contributed by atoms with Gasteiger partial charge in [0, 0.05) is 19.7 Å². The van der Waals surface area contributed by atoms with Crippen LogP contribution in [0.5, 0.6) is 0 Å². The molecule has 0 unspecified atom stereocenters. The van der Waals surface area contributed by atoms with Crippen molar-refractivity contribution in [2.24, 2.45) is 0 Å². The maximum atomic E-state index is 11.4. The highest BCUT2D eigenvalue weighted by atomic mass is 16.6. The van der Waals surface area contributed by atoms with Crippen LogP contribution in [-0.2, 0) is 14.2 Å². The summed E-state index contributed by atoms with van der Waals surface area (Å²) in [6, 6.07) is 0. The Kier molecular flexibility index (Phi) is 6.96. The molecule has 0 bridgehead atoms. The Morgan fingerprint density at radius 1 is 1.18 bits per heavy atom. The van der Waals surface area contributed by atoms with Gasteiger partial charge in [0.25, 0.3) is 0 Å². The van der Waals surface area contributed by atoms with Crippen molar-refractivity contribution in [3.05, 3.63) is 0 Å². The predicted octanol–water partition coefficient (Wildman–Crippen LogP) is 1.66. The Hall–Kier alpha value is -0.810. The van der Waals surface area contributed by atoms with E-state index in [9.17, 15) is 4.79 Å². The number of nitrogens with zero attached hydrogens (tertiary/aromatic N) is 1. The van der Waals surface area contributed by atoms with E-state index >= 15 is 0 Å². The van der Waals surface area contributed by atoms with E-state index in [-0.39, 0.29) is 12.2 Å². The average molecular weight is 245 g/mol. The Morgan fingerprint density at radius 2 is 1.88 bits per heavy atom. The zero-order valence-electron chi connectivity index (χ0n) is 10.8. The van der Waals surface area contributed by atoms with Crippen molar-refractivity contribution >= 4 is 6.09 Å². The molecule has 1 heterocycles. The first-order valence-corrected chi connectivity index (χ1v) is 6.39. The van der Waals surface area contributed by atoms with Crippen molar-refractivity contribution in [2.75, 3.05) is 39.5 Å². The summed E-state index contributed by atoms with van der Waals surface area (Å²) in [6.07, 6.45) is 1.80. The Balaban J connectivity index is 2.11. The second-order valence-electron chi connectivity index (χ2n) is 3.95. The van der Waals surface area contributed by atoms with Crippen LogP contribution >= 0.6 is 0 Å². The molecule has 5 nitrogen and oxygen atoms in total. The van der Waals surface area contributed by atoms with Gasteiger partial charge >= 0.3 is 6.09 Å². The molecule has 0 saturated carbocycles. The Labute approximate surface area is 103 Å². The van der Waals surface area contributed by atoms with Gasteiger partial charge in [-0.05, 0) is 26.7 Å². The first-order valence-electron chi connectivity index (χ1n) is 6.39. The molecule has 1 aliphatic rings. The summed E-state index contributed by atoms with van der Waals surface area (Å²) < 4.78 is 15.8. The van der Waals surface area contributed by atoms with Crippen LogP contribution in [0, 0.1) is 0 Å². The third-order valence-corrected chi connectivity index (χ3v) is 2.75. The van der Waals surface area contributed by atoms with Crippen LogP contribution in [0.3, 0.4) is 0 Å². The molecule has 1 rings (SSSR count). The maximum absolute atomic E-state index is 11.4. The molecule has 0 aromatic heterocycles. The largest absolute Gasteiger partial charge is 0.450 e. The van der Waals surface area contributed by atoms with Crippen molar-refractivity contribution in [1.29, 1.82) is 0 Å². The lowest BCUT2D eigenvalue weighted by Crippen LogP contribution is -2.41. The monoisotopic (exact) mass is 245 g/mol. The minimum atomic E-state index is -0.208. The highest BCUT2D eigenvalue weighted by Crippen LogP contribution is 2.14. The van der Waals surface area contributed by atoms with Crippen molar-refractivity contribution in [3.63, 3.8) is 0 Å². The fourth-order valence-corrected chi connectivity index (χ4v) is 1.84. The van der Waals surface area contributed by atoms with Gasteiger partial charge in [-0.2, -0.15) is 0 Å². The number of hydrogen-bond donors (Lipinski definition) is 0. The van der Waals surface area contributed by atoms with Gasteiger partial charge in [0.1, 0.15) is 0 Å². The van der Waals surface area contributed by atoms with E-state index in [4.69, 9.17) is 14.2 Å². The molecule has 0 aromatic rings. The second kappa shape index (κ2) is 8.31. The standard InChI is InChI=1S/C12H23NO4/c1-3-15-9-10-17-11-5-7-13(8-6-11)12(14)16-4-2/h11H,3-10H2,1-2H3. The first kappa shape index (κ1) is 14.3. The Bertz CT molecular complexity index is 215. The summed E-state index contributed by atoms with van der Waals surface area (Å²) >= 11 is 0. The summed E-state index contributed by atoms with van der Waals surface area (Å²) in [5, 5.41) is 0. The smallest absolute Gasteiger partial charge is 0.409 e. The van der Waals surface area contributed by atoms with Gasteiger partial charge in [-0.15, -0.1) is 0 Å². The van der Waals surface area contributed by atoms with Crippen molar-refractivity contribution < 1.29 is 19.0 Å². The molecule has 0 N–H and O–H groups in total. The average Bonchev–Trinajstić information content (AvgIpc) is 2.36. The van der Waals surface area contributed by atoms with Crippen LogP contribution in [0.1, 0.15) is 26.7 Å². The first-order chi connectivity index (χ1) is 8.27. The quantitative estimate of drug-likeness (QED) is 0.668. The topological polar surface area (TPSA) is 48.0 Å². The number of likely N-dealkylation sites (tertiary alicyclic amines) is 1. The van der Waals surface area contributed by atoms with Gasteiger partial charge in [-0.25, -0.2) is 4.79 Å². The number of carbonyl (C=O) groups excluding carboxylic acids is 1. The minimum absolute atomic E-state index is 0.208. The van der Waals surface area contributed by atoms with Gasteiger partial charge in [0.15, 0.2) is 0 Å². The lowest BCUT2D eigenvalue weighted by molar-refractivity contribution is -0.0201. The summed E-state index contributed by atoms with van der Waals surface area (Å²) in [7, 11) is 0. The fourth-order valence-electron chi connectivity index (χ4n) is 1.84. The third kappa shape index (κ3) is 5.37. The summed E-state index contributed by atoms with van der Waals surface area (Å²) in [6.45, 7) is 7.68. The van der Waals surface area contributed by atoms with E-state index in [1.165, 1.54) is 0 Å². The molecule has 0 spiro atoms. The van der Waals surface area contributed by atoms with E-state index in [1.807, 2.05) is 13.8 Å². The van der Waals surface area contributed by atoms with Gasteiger partial charge in [0.2, 0.25) is 0 Å². The lowest BCUT2D eigenvalue weighted by atomic mass is 10.1. The van der Waals surface area contributed by atoms with Gasteiger partial charge in [-0.1, -0.05) is 0 Å². The molecular weight excluding hydrogens is 222 g/mol. The predicted molar refractivity (Wildman–Crippen MR) is 64.1 cm³/mol. The number of rotatable bonds is 6. The molecule has 0 radical (unpaired) electrons. The number of ether oxygens (including phenoxy) is 3. The zero-order chi connectivity index (χ0) is 12.5. The van der Waals surface area contributed by atoms with Crippen LogP contribution < -0.4 is 0 Å². The van der Waals surface area contributed by atoms with Gasteiger partial charge < -0.3 is 19.1 Å². The highest BCUT2D eigenvalue weighted by Gasteiger charge is 2.23. The van der Waals surface area contributed by atoms with E-state index in [1.54, 1.807) is 4.90 Å². The van der Waals surface area contributed by atoms with Crippen LogP contribution in [-0.4, -0.2) is 56.6 Å². The summed E-state index contributed by atoms with van der Waals surface area (Å²) in [5.41, 5.74) is 0. The molecule has 1 amide bonds. The molecule has 5 heteroatoms. The van der Waals surface area contributed by atoms with E-state index in [0.29, 0.717) is 19.8 Å². The van der Waals surface area contributed by atoms with Crippen LogP contribution in [0.4, 0.5) is 4.79 Å². The van der Waals surface area contributed by atoms with Crippen LogP contribution in [0.25, 0.3) is 0 Å². The van der Waals surface area contributed by atoms with Crippen molar-refractivity contribution in [3.8, 4) is 0 Å². The molecule has 0 atom stereocenters. The van der Waals surface area contributed by atoms with Gasteiger partial charge in [-0.3, -0.25) is 0 Å². The molecule has 1 saturated heterocycles. The SMILES string of the molecule is CCOCCOC1CCN(C(=O)OCC)CC1. The molecule has 17 heavy (non-hydrogen) atoms. The molecule has 0 aliphatic carbocycles. The van der Waals surface area contributed by atoms with Crippen LogP contribution in [0.2, 0.25) is 0 Å². The highest BCUT2D eigenvalue weighted by molar-refractivity contribution is 5.67. The number of carbonyl (C=O) groups is 1. The molecule has 0 aromatic carbocycles. The number of amides is 1. The number of hydrogen-bond acceptors (Lipinski definition) is 4. The van der Waals surface area contributed by atoms with E-state index < -0.39 is 0 Å². The normalized spacial score (nSPS) is 17.2. The summed E-state index contributed by atoms with van der Waals surface area (Å²) in [4.78, 5) is 13.2. The molecule has 1 aliphatic heterocycles. The lowest BCUT2D eigenvalue weighted by Gasteiger charge is -2.31. The molecule has 1 fully saturated rings. The van der Waals surface area contributed by atoms with Crippen molar-refractivity contribution in [2.45, 2.75) is 32.8 Å². The molecule has 100 valence electrons. The summed E-state index contributed by atoms with van der Waals surface area (Å²) in [5.74, 6) is 0. The minimum Gasteiger partial charge on any atom is -0.450 e. The van der Waals surface area contributed by atoms with E-state index in [2.05, 4.69) is 0 Å². The maximum Gasteiger partial charge on any atom is 0.409 e. The molecular formula is C12H23NO4.